The Labute approximate surface area is 155 Å². The highest BCUT2D eigenvalue weighted by Gasteiger charge is 2.14. The average molecular weight is 420 g/mol. The minimum Gasteiger partial charge on any atom is -0.408 e. The van der Waals surface area contributed by atoms with Crippen LogP contribution >= 0.6 is 69.6 Å². The molecule has 0 aliphatic rings. The van der Waals surface area contributed by atoms with Gasteiger partial charge in [0.1, 0.15) is 0 Å². The van der Waals surface area contributed by atoms with Crippen molar-refractivity contribution in [2.45, 2.75) is 0 Å². The van der Waals surface area contributed by atoms with Crippen molar-refractivity contribution in [1.82, 2.24) is 0 Å². The van der Waals surface area contributed by atoms with E-state index in [0.717, 1.165) is 0 Å². The Balaban J connectivity index is 2.17. The number of carbonyl (C=O) groups is 1. The van der Waals surface area contributed by atoms with Gasteiger partial charge in [-0.15, -0.1) is 0 Å². The fourth-order valence-electron chi connectivity index (χ4n) is 1.44. The first-order chi connectivity index (χ1) is 10.3. The fraction of sp³-hybridized carbons (Fsp3) is 0. The van der Waals surface area contributed by atoms with Crippen molar-refractivity contribution in [3.05, 3.63) is 54.4 Å². The van der Waals surface area contributed by atoms with Crippen LogP contribution in [0.15, 0.2) is 24.3 Å². The van der Waals surface area contributed by atoms with Crippen molar-refractivity contribution < 1.29 is 9.53 Å². The molecule has 2 aromatic rings. The molecule has 2 aromatic carbocycles. The Morgan fingerprint density at radius 3 is 1.86 bits per heavy atom. The Kier molecular flexibility index (Phi) is 5.94. The molecule has 1 amide bonds. The van der Waals surface area contributed by atoms with E-state index in [4.69, 9.17) is 74.3 Å². The minimum absolute atomic E-state index is 0.0461. The molecule has 0 saturated heterocycles. The molecule has 0 heterocycles. The molecule has 0 atom stereocenters. The van der Waals surface area contributed by atoms with Gasteiger partial charge in [-0.1, -0.05) is 69.6 Å². The van der Waals surface area contributed by atoms with Gasteiger partial charge in [0.15, 0.2) is 5.75 Å². The largest absolute Gasteiger partial charge is 0.417 e. The van der Waals surface area contributed by atoms with E-state index in [0.29, 0.717) is 0 Å². The molecule has 3 nitrogen and oxygen atoms in total. The molecule has 1 N–H and O–H groups in total. The molecule has 116 valence electrons. The normalized spacial score (nSPS) is 10.5. The quantitative estimate of drug-likeness (QED) is 0.522. The summed E-state index contributed by atoms with van der Waals surface area (Å²) >= 11 is 35.1. The number of halogens is 6. The molecule has 22 heavy (non-hydrogen) atoms. The lowest BCUT2D eigenvalue weighted by Crippen LogP contribution is -2.17. The predicted octanol–water partition coefficient (Wildman–Crippen LogP) is 7.22. The van der Waals surface area contributed by atoms with Crippen LogP contribution in [0.5, 0.6) is 5.75 Å². The van der Waals surface area contributed by atoms with Crippen molar-refractivity contribution in [3.8, 4) is 5.75 Å². The van der Waals surface area contributed by atoms with Gasteiger partial charge in [-0.3, -0.25) is 5.32 Å². The summed E-state index contributed by atoms with van der Waals surface area (Å²) < 4.78 is 5.05. The van der Waals surface area contributed by atoms with Gasteiger partial charge < -0.3 is 4.74 Å². The smallest absolute Gasteiger partial charge is 0.408 e. The monoisotopic (exact) mass is 417 g/mol. The molecule has 0 radical (unpaired) electrons. The highest BCUT2D eigenvalue weighted by Crippen LogP contribution is 2.35. The predicted molar refractivity (Wildman–Crippen MR) is 92.6 cm³/mol. The van der Waals surface area contributed by atoms with Crippen molar-refractivity contribution >= 4 is 81.4 Å². The van der Waals surface area contributed by atoms with Gasteiger partial charge in [0.05, 0.1) is 35.8 Å². The maximum atomic E-state index is 11.9. The number of anilines is 1. The SMILES string of the molecule is O=C(Nc1cc(Cl)c(Cl)cc1Cl)Oc1cc(Cl)c(Cl)cc1Cl. The van der Waals surface area contributed by atoms with Crippen LogP contribution in [0, 0.1) is 0 Å². The van der Waals surface area contributed by atoms with Gasteiger partial charge in [-0.25, -0.2) is 4.79 Å². The zero-order chi connectivity index (χ0) is 16.4. The summed E-state index contributed by atoms with van der Waals surface area (Å²) in [5, 5.41) is 3.68. The molecule has 0 spiro atoms. The number of hydrogen-bond donors (Lipinski definition) is 1. The zero-order valence-electron chi connectivity index (χ0n) is 10.4. The van der Waals surface area contributed by atoms with Crippen LogP contribution in [-0.4, -0.2) is 6.09 Å². The summed E-state index contributed by atoms with van der Waals surface area (Å²) in [6.45, 7) is 0. The Morgan fingerprint density at radius 1 is 0.727 bits per heavy atom. The minimum atomic E-state index is -0.833. The molecule has 2 rings (SSSR count). The van der Waals surface area contributed by atoms with E-state index in [1.165, 1.54) is 24.3 Å². The summed E-state index contributed by atoms with van der Waals surface area (Å²) in [6.07, 6.45) is -0.833. The zero-order valence-corrected chi connectivity index (χ0v) is 14.9. The first-order valence-electron chi connectivity index (χ1n) is 5.56. The average Bonchev–Trinajstić information content (AvgIpc) is 2.42. The highest BCUT2D eigenvalue weighted by atomic mass is 35.5. The lowest BCUT2D eigenvalue weighted by atomic mass is 10.3. The lowest BCUT2D eigenvalue weighted by molar-refractivity contribution is 0.215. The molecule has 0 unspecified atom stereocenters. The van der Waals surface area contributed by atoms with E-state index in [9.17, 15) is 4.79 Å². The Morgan fingerprint density at radius 2 is 1.23 bits per heavy atom. The summed E-state index contributed by atoms with van der Waals surface area (Å²) in [4.78, 5) is 11.9. The second kappa shape index (κ2) is 7.35. The number of amides is 1. The number of ether oxygens (including phenoxy) is 1. The van der Waals surface area contributed by atoms with E-state index in [1.54, 1.807) is 0 Å². The first-order valence-corrected chi connectivity index (χ1v) is 7.82. The summed E-state index contributed by atoms with van der Waals surface area (Å²) in [6, 6.07) is 5.47. The molecule has 0 bridgehead atoms. The van der Waals surface area contributed by atoms with Crippen molar-refractivity contribution in [1.29, 1.82) is 0 Å². The fourth-order valence-corrected chi connectivity index (χ4v) is 2.61. The van der Waals surface area contributed by atoms with Crippen LogP contribution in [0.2, 0.25) is 30.1 Å². The maximum Gasteiger partial charge on any atom is 0.417 e. The third-order valence-corrected chi connectivity index (χ3v) is 4.48. The van der Waals surface area contributed by atoms with E-state index in [1.807, 2.05) is 0 Å². The van der Waals surface area contributed by atoms with Gasteiger partial charge in [0.2, 0.25) is 0 Å². The Bertz CT molecular complexity index is 688. The molecular formula is C13H5Cl6NO2. The van der Waals surface area contributed by atoms with Crippen LogP contribution in [0.4, 0.5) is 10.5 Å². The number of hydrogen-bond acceptors (Lipinski definition) is 2. The molecule has 0 aromatic heterocycles. The molecule has 0 saturated carbocycles. The molecular weight excluding hydrogens is 415 g/mol. The highest BCUT2D eigenvalue weighted by molar-refractivity contribution is 6.44. The second-order valence-electron chi connectivity index (χ2n) is 3.96. The van der Waals surface area contributed by atoms with Crippen molar-refractivity contribution in [2.24, 2.45) is 0 Å². The van der Waals surface area contributed by atoms with E-state index in [-0.39, 0.29) is 41.6 Å². The van der Waals surface area contributed by atoms with Crippen LogP contribution in [0.25, 0.3) is 0 Å². The van der Waals surface area contributed by atoms with Crippen LogP contribution < -0.4 is 10.1 Å². The van der Waals surface area contributed by atoms with E-state index < -0.39 is 6.09 Å². The number of rotatable bonds is 2. The summed E-state index contributed by atoms with van der Waals surface area (Å²) in [5.41, 5.74) is 0.234. The van der Waals surface area contributed by atoms with Gasteiger partial charge in [0, 0.05) is 6.07 Å². The third-order valence-electron chi connectivity index (χ3n) is 2.42. The molecule has 0 aliphatic carbocycles. The molecule has 0 fully saturated rings. The first kappa shape index (κ1) is 17.8. The standard InChI is InChI=1S/C13H5Cl6NO2/c14-5-1-9(18)11(3-7(5)16)20-13(21)22-12-4-8(17)6(15)2-10(12)19/h1-4H,(H,20,21). The summed E-state index contributed by atoms with van der Waals surface area (Å²) in [5.74, 6) is 0.0461. The summed E-state index contributed by atoms with van der Waals surface area (Å²) in [7, 11) is 0. The Hall–Kier alpha value is -0.550. The second-order valence-corrected chi connectivity index (χ2v) is 6.40. The lowest BCUT2D eigenvalue weighted by Gasteiger charge is -2.11. The number of nitrogens with one attached hydrogen (secondary N) is 1. The van der Waals surface area contributed by atoms with Crippen LogP contribution in [0.3, 0.4) is 0 Å². The molecule has 0 aliphatic heterocycles. The topological polar surface area (TPSA) is 38.3 Å². The van der Waals surface area contributed by atoms with Crippen LogP contribution in [-0.2, 0) is 0 Å². The number of benzene rings is 2. The van der Waals surface area contributed by atoms with Crippen molar-refractivity contribution in [3.63, 3.8) is 0 Å². The number of carbonyl (C=O) groups excluding carboxylic acids is 1. The third kappa shape index (κ3) is 4.25. The van der Waals surface area contributed by atoms with Crippen molar-refractivity contribution in [2.75, 3.05) is 5.32 Å². The maximum absolute atomic E-state index is 11.9. The van der Waals surface area contributed by atoms with E-state index in [2.05, 4.69) is 5.32 Å². The van der Waals surface area contributed by atoms with Gasteiger partial charge in [-0.05, 0) is 18.2 Å². The van der Waals surface area contributed by atoms with Gasteiger partial charge in [-0.2, -0.15) is 0 Å². The van der Waals surface area contributed by atoms with Gasteiger partial charge in [0.25, 0.3) is 0 Å². The van der Waals surface area contributed by atoms with E-state index >= 15 is 0 Å². The molecule has 9 heteroatoms. The van der Waals surface area contributed by atoms with Crippen LogP contribution in [0.1, 0.15) is 0 Å². The van der Waals surface area contributed by atoms with Gasteiger partial charge >= 0.3 is 6.09 Å².